The maximum atomic E-state index is 12.6. The van der Waals surface area contributed by atoms with E-state index in [1.165, 1.54) is 0 Å². The first-order valence-corrected chi connectivity index (χ1v) is 6.64. The molecule has 1 amide bonds. The maximum absolute atomic E-state index is 12.6. The lowest BCUT2D eigenvalue weighted by Gasteiger charge is -2.22. The fraction of sp³-hybridized carbons (Fsp3) is 0.462. The van der Waals surface area contributed by atoms with Gasteiger partial charge in [-0.3, -0.25) is 4.79 Å². The third-order valence-electron chi connectivity index (χ3n) is 3.22. The molecule has 7 heteroatoms. The van der Waals surface area contributed by atoms with Crippen molar-refractivity contribution >= 4 is 23.2 Å². The van der Waals surface area contributed by atoms with Crippen molar-refractivity contribution < 1.29 is 18.0 Å². The molecule has 1 aromatic carbocycles. The Bertz CT molecular complexity index is 499. The summed E-state index contributed by atoms with van der Waals surface area (Å²) in [6, 6.07) is 2.88. The number of carbonyl (C=O) groups is 1. The van der Waals surface area contributed by atoms with Crippen molar-refractivity contribution in [2.75, 3.05) is 18.4 Å². The number of alkyl halides is 3. The average molecular weight is 307 g/mol. The van der Waals surface area contributed by atoms with E-state index in [4.69, 9.17) is 11.6 Å². The molecule has 3 nitrogen and oxygen atoms in total. The smallest absolute Gasteiger partial charge is 0.324 e. The standard InChI is InChI=1S/C13H14ClF3N2O/c14-10-4-3-9(13(15,16)17)6-11(10)19-12(20)8-2-1-5-18-7-8/h3-4,6,8,18H,1-2,5,7H2,(H,19,20). The third-order valence-corrected chi connectivity index (χ3v) is 3.55. The topological polar surface area (TPSA) is 41.1 Å². The highest BCUT2D eigenvalue weighted by molar-refractivity contribution is 6.33. The van der Waals surface area contributed by atoms with E-state index < -0.39 is 11.7 Å². The second-order valence-corrected chi connectivity index (χ2v) is 5.13. The van der Waals surface area contributed by atoms with Crippen LogP contribution in [0.2, 0.25) is 5.02 Å². The van der Waals surface area contributed by atoms with Gasteiger partial charge in [0.1, 0.15) is 0 Å². The summed E-state index contributed by atoms with van der Waals surface area (Å²) in [6.07, 6.45) is -2.87. The van der Waals surface area contributed by atoms with Crippen LogP contribution >= 0.6 is 11.6 Å². The number of hydrogen-bond acceptors (Lipinski definition) is 2. The zero-order valence-corrected chi connectivity index (χ0v) is 11.3. The second-order valence-electron chi connectivity index (χ2n) is 4.72. The van der Waals surface area contributed by atoms with E-state index >= 15 is 0 Å². The molecule has 1 aliphatic heterocycles. The van der Waals surface area contributed by atoms with E-state index in [0.29, 0.717) is 6.54 Å². The van der Waals surface area contributed by atoms with E-state index in [9.17, 15) is 18.0 Å². The number of rotatable bonds is 2. The quantitative estimate of drug-likeness (QED) is 0.880. The molecule has 1 aromatic rings. The normalized spacial score (nSPS) is 19.7. The van der Waals surface area contributed by atoms with Gasteiger partial charge in [-0.1, -0.05) is 11.6 Å². The molecule has 110 valence electrons. The van der Waals surface area contributed by atoms with Crippen LogP contribution in [-0.4, -0.2) is 19.0 Å². The molecule has 0 spiro atoms. The minimum absolute atomic E-state index is 0.00272. The Kier molecular flexibility index (Phi) is 4.55. The van der Waals surface area contributed by atoms with Gasteiger partial charge in [0.05, 0.1) is 22.2 Å². The van der Waals surface area contributed by atoms with E-state index in [0.717, 1.165) is 37.6 Å². The molecule has 1 aliphatic rings. The van der Waals surface area contributed by atoms with Crippen LogP contribution in [0.4, 0.5) is 18.9 Å². The molecule has 1 atom stereocenters. The van der Waals surface area contributed by atoms with Crippen LogP contribution < -0.4 is 10.6 Å². The summed E-state index contributed by atoms with van der Waals surface area (Å²) in [6.45, 7) is 1.39. The lowest BCUT2D eigenvalue weighted by atomic mass is 9.98. The van der Waals surface area contributed by atoms with Crippen molar-refractivity contribution in [2.24, 2.45) is 5.92 Å². The van der Waals surface area contributed by atoms with Crippen molar-refractivity contribution in [2.45, 2.75) is 19.0 Å². The fourth-order valence-corrected chi connectivity index (χ4v) is 2.27. The monoisotopic (exact) mass is 306 g/mol. The molecular formula is C13H14ClF3N2O. The summed E-state index contributed by atoms with van der Waals surface area (Å²) in [4.78, 5) is 12.0. The molecule has 0 bridgehead atoms. The van der Waals surface area contributed by atoms with Crippen LogP contribution in [0.5, 0.6) is 0 Å². The summed E-state index contributed by atoms with van der Waals surface area (Å²) in [5.41, 5.74) is -0.837. The van der Waals surface area contributed by atoms with Gasteiger partial charge in [0.25, 0.3) is 0 Å². The van der Waals surface area contributed by atoms with Gasteiger partial charge in [0, 0.05) is 6.54 Å². The minimum Gasteiger partial charge on any atom is -0.324 e. The molecule has 1 fully saturated rings. The van der Waals surface area contributed by atoms with Crippen LogP contribution in [-0.2, 0) is 11.0 Å². The van der Waals surface area contributed by atoms with E-state index in [2.05, 4.69) is 10.6 Å². The molecule has 20 heavy (non-hydrogen) atoms. The zero-order chi connectivity index (χ0) is 14.8. The molecule has 0 saturated carbocycles. The van der Waals surface area contributed by atoms with E-state index in [1.54, 1.807) is 0 Å². The Morgan fingerprint density at radius 1 is 1.40 bits per heavy atom. The lowest BCUT2D eigenvalue weighted by molar-refractivity contribution is -0.137. The van der Waals surface area contributed by atoms with Gasteiger partial charge in [-0.15, -0.1) is 0 Å². The molecular weight excluding hydrogens is 293 g/mol. The van der Waals surface area contributed by atoms with Gasteiger partial charge in [0.2, 0.25) is 5.91 Å². The van der Waals surface area contributed by atoms with Gasteiger partial charge in [0.15, 0.2) is 0 Å². The summed E-state index contributed by atoms with van der Waals surface area (Å²) >= 11 is 5.83. The molecule has 1 saturated heterocycles. The highest BCUT2D eigenvalue weighted by Crippen LogP contribution is 2.34. The number of anilines is 1. The Morgan fingerprint density at radius 3 is 2.75 bits per heavy atom. The largest absolute Gasteiger partial charge is 0.416 e. The van der Waals surface area contributed by atoms with Crippen molar-refractivity contribution in [3.05, 3.63) is 28.8 Å². The average Bonchev–Trinajstić information content (AvgIpc) is 2.41. The number of amides is 1. The van der Waals surface area contributed by atoms with Gasteiger partial charge >= 0.3 is 6.18 Å². The number of benzene rings is 1. The highest BCUT2D eigenvalue weighted by Gasteiger charge is 2.31. The lowest BCUT2D eigenvalue weighted by Crippen LogP contribution is -2.37. The number of nitrogens with one attached hydrogen (secondary N) is 2. The first-order chi connectivity index (χ1) is 9.38. The number of hydrogen-bond donors (Lipinski definition) is 2. The SMILES string of the molecule is O=C(Nc1cc(C(F)(F)F)ccc1Cl)C1CCCNC1. The van der Waals surface area contributed by atoms with E-state index in [-0.39, 0.29) is 22.5 Å². The Labute approximate surface area is 119 Å². The van der Waals surface area contributed by atoms with Crippen molar-refractivity contribution in [1.29, 1.82) is 0 Å². The molecule has 0 aromatic heterocycles. The molecule has 2 rings (SSSR count). The summed E-state index contributed by atoms with van der Waals surface area (Å²) in [7, 11) is 0. The summed E-state index contributed by atoms with van der Waals surface area (Å²) in [5.74, 6) is -0.548. The maximum Gasteiger partial charge on any atom is 0.416 e. The van der Waals surface area contributed by atoms with Gasteiger partial charge in [-0.05, 0) is 37.6 Å². The summed E-state index contributed by atoms with van der Waals surface area (Å²) < 4.78 is 37.9. The van der Waals surface area contributed by atoms with Gasteiger partial charge in [-0.2, -0.15) is 13.2 Å². The number of halogens is 4. The Balaban J connectivity index is 2.13. The Hall–Kier alpha value is -1.27. The summed E-state index contributed by atoms with van der Waals surface area (Å²) in [5, 5.41) is 5.65. The first kappa shape index (κ1) is 15.1. The fourth-order valence-electron chi connectivity index (χ4n) is 2.11. The van der Waals surface area contributed by atoms with Crippen molar-refractivity contribution in [3.8, 4) is 0 Å². The van der Waals surface area contributed by atoms with Crippen LogP contribution in [0.3, 0.4) is 0 Å². The highest BCUT2D eigenvalue weighted by atomic mass is 35.5. The van der Waals surface area contributed by atoms with Crippen LogP contribution in [0.25, 0.3) is 0 Å². The zero-order valence-electron chi connectivity index (χ0n) is 10.6. The van der Waals surface area contributed by atoms with E-state index in [1.807, 2.05) is 0 Å². The van der Waals surface area contributed by atoms with Crippen LogP contribution in [0.15, 0.2) is 18.2 Å². The minimum atomic E-state index is -4.46. The van der Waals surface area contributed by atoms with Gasteiger partial charge < -0.3 is 10.6 Å². The van der Waals surface area contributed by atoms with Crippen LogP contribution in [0, 0.1) is 5.92 Å². The first-order valence-electron chi connectivity index (χ1n) is 6.26. The Morgan fingerprint density at radius 2 is 2.15 bits per heavy atom. The molecule has 1 unspecified atom stereocenters. The molecule has 2 N–H and O–H groups in total. The molecule has 0 aliphatic carbocycles. The molecule has 0 radical (unpaired) electrons. The van der Waals surface area contributed by atoms with Gasteiger partial charge in [-0.25, -0.2) is 0 Å². The predicted octanol–water partition coefficient (Wildman–Crippen LogP) is 3.30. The second kappa shape index (κ2) is 6.01. The van der Waals surface area contributed by atoms with Crippen molar-refractivity contribution in [3.63, 3.8) is 0 Å². The third kappa shape index (κ3) is 3.64. The van der Waals surface area contributed by atoms with Crippen LogP contribution in [0.1, 0.15) is 18.4 Å². The molecule has 1 heterocycles. The van der Waals surface area contributed by atoms with Crippen molar-refractivity contribution in [1.82, 2.24) is 5.32 Å². The number of piperidine rings is 1. The number of carbonyl (C=O) groups excluding carboxylic acids is 1. The predicted molar refractivity (Wildman–Crippen MR) is 70.7 cm³/mol.